The predicted octanol–water partition coefficient (Wildman–Crippen LogP) is 4.06. The molecule has 2 fully saturated rings. The zero-order valence-corrected chi connectivity index (χ0v) is 19.0. The second-order valence-corrected chi connectivity index (χ2v) is 9.12. The molecule has 0 N–H and O–H groups in total. The maximum atomic E-state index is 13.6. The van der Waals surface area contributed by atoms with Crippen LogP contribution in [0, 0.1) is 6.92 Å². The van der Waals surface area contributed by atoms with Gasteiger partial charge in [-0.05, 0) is 45.0 Å². The topological polar surface area (TPSA) is 39.7 Å². The first-order valence-electron chi connectivity index (χ1n) is 11.9. The summed E-state index contributed by atoms with van der Waals surface area (Å²) in [4.78, 5) is 25.5. The summed E-state index contributed by atoms with van der Waals surface area (Å²) in [7, 11) is 0. The Balaban J connectivity index is 1.33. The van der Waals surface area contributed by atoms with Gasteiger partial charge in [0.2, 0.25) is 0 Å². The number of carbonyl (C=O) groups is 1. The fourth-order valence-electron chi connectivity index (χ4n) is 4.86. The first kappa shape index (κ1) is 21.1. The monoisotopic (exact) mass is 428 g/mol. The van der Waals surface area contributed by atoms with Gasteiger partial charge in [0.25, 0.3) is 5.91 Å². The zero-order valence-electron chi connectivity index (χ0n) is 19.0. The molecule has 2 saturated heterocycles. The van der Waals surface area contributed by atoms with Gasteiger partial charge in [-0.1, -0.05) is 48.0 Å². The lowest BCUT2D eigenvalue weighted by atomic mass is 10.0. The molecule has 5 nitrogen and oxygen atoms in total. The summed E-state index contributed by atoms with van der Waals surface area (Å²) in [5, 5.41) is 0.935. The van der Waals surface area contributed by atoms with Crippen molar-refractivity contribution in [1.82, 2.24) is 19.7 Å². The molecule has 5 rings (SSSR count). The Morgan fingerprint density at radius 2 is 1.50 bits per heavy atom. The van der Waals surface area contributed by atoms with Gasteiger partial charge in [-0.3, -0.25) is 9.69 Å². The number of fused-ring (bicyclic) bond motifs is 1. The van der Waals surface area contributed by atoms with Crippen molar-refractivity contribution in [2.75, 3.05) is 52.4 Å². The van der Waals surface area contributed by atoms with E-state index in [0.717, 1.165) is 67.0 Å². The Kier molecular flexibility index (Phi) is 6.19. The van der Waals surface area contributed by atoms with Crippen LogP contribution in [-0.4, -0.2) is 77.9 Å². The third kappa shape index (κ3) is 4.54. The zero-order chi connectivity index (χ0) is 21.9. The van der Waals surface area contributed by atoms with Crippen molar-refractivity contribution in [3.63, 3.8) is 0 Å². The van der Waals surface area contributed by atoms with E-state index in [9.17, 15) is 4.79 Å². The summed E-state index contributed by atoms with van der Waals surface area (Å²) >= 11 is 0. The Labute approximate surface area is 190 Å². The molecule has 3 heterocycles. The molecule has 1 aromatic heterocycles. The minimum Gasteiger partial charge on any atom is -0.336 e. The van der Waals surface area contributed by atoms with Gasteiger partial charge in [0, 0.05) is 50.2 Å². The average molecular weight is 429 g/mol. The highest BCUT2D eigenvalue weighted by atomic mass is 16.2. The lowest BCUT2D eigenvalue weighted by Crippen LogP contribution is -2.50. The van der Waals surface area contributed by atoms with Crippen molar-refractivity contribution >= 4 is 16.8 Å². The molecule has 32 heavy (non-hydrogen) atoms. The summed E-state index contributed by atoms with van der Waals surface area (Å²) in [6, 6.07) is 18.3. The van der Waals surface area contributed by atoms with E-state index in [1.54, 1.807) is 0 Å². The van der Waals surface area contributed by atoms with Crippen LogP contribution in [0.15, 0.2) is 54.6 Å². The molecule has 3 aromatic rings. The van der Waals surface area contributed by atoms with Crippen LogP contribution in [0.25, 0.3) is 22.2 Å². The van der Waals surface area contributed by atoms with Crippen LogP contribution in [0.5, 0.6) is 0 Å². The summed E-state index contributed by atoms with van der Waals surface area (Å²) in [6.45, 7) is 10.3. The summed E-state index contributed by atoms with van der Waals surface area (Å²) in [6.07, 6.45) is 2.68. The molecule has 166 valence electrons. The van der Waals surface area contributed by atoms with Gasteiger partial charge < -0.3 is 9.80 Å². The molecule has 5 heteroatoms. The standard InChI is InChI=1S/C27H32N4O/c1-21-8-10-22(11-9-21)26-20-24(23-6-2-3-7-25(23)28-26)27(32)31-18-16-30(17-19-31)15-14-29-12-4-5-13-29/h2-3,6-11,20H,4-5,12-19H2,1H3. The fraction of sp³-hybridized carbons (Fsp3) is 0.407. The summed E-state index contributed by atoms with van der Waals surface area (Å²) in [5.41, 5.74) is 4.75. The van der Waals surface area contributed by atoms with Crippen molar-refractivity contribution in [2.24, 2.45) is 0 Å². The predicted molar refractivity (Wildman–Crippen MR) is 130 cm³/mol. The minimum absolute atomic E-state index is 0.121. The molecule has 0 spiro atoms. The van der Waals surface area contributed by atoms with E-state index in [1.807, 2.05) is 35.2 Å². The molecule has 2 aromatic carbocycles. The van der Waals surface area contributed by atoms with Crippen molar-refractivity contribution in [3.8, 4) is 11.3 Å². The van der Waals surface area contributed by atoms with Gasteiger partial charge in [0.1, 0.15) is 0 Å². The van der Waals surface area contributed by atoms with E-state index in [0.29, 0.717) is 0 Å². The number of benzene rings is 2. The molecule has 0 bridgehead atoms. The molecule has 0 saturated carbocycles. The Hall–Kier alpha value is -2.76. The van der Waals surface area contributed by atoms with E-state index in [-0.39, 0.29) is 5.91 Å². The minimum atomic E-state index is 0.121. The van der Waals surface area contributed by atoms with Crippen LogP contribution < -0.4 is 0 Å². The Morgan fingerprint density at radius 3 is 2.22 bits per heavy atom. The van der Waals surface area contributed by atoms with Crippen LogP contribution >= 0.6 is 0 Å². The van der Waals surface area contributed by atoms with Crippen molar-refractivity contribution in [3.05, 3.63) is 65.7 Å². The number of carbonyl (C=O) groups excluding carboxylic acids is 1. The third-order valence-electron chi connectivity index (χ3n) is 6.88. The molecule has 2 aliphatic rings. The van der Waals surface area contributed by atoms with E-state index in [1.165, 1.54) is 31.5 Å². The van der Waals surface area contributed by atoms with Gasteiger partial charge in [-0.25, -0.2) is 4.98 Å². The highest BCUT2D eigenvalue weighted by Gasteiger charge is 2.24. The normalized spacial score (nSPS) is 17.8. The average Bonchev–Trinajstić information content (AvgIpc) is 3.36. The maximum Gasteiger partial charge on any atom is 0.254 e. The van der Waals surface area contributed by atoms with E-state index < -0.39 is 0 Å². The molecule has 1 amide bonds. The van der Waals surface area contributed by atoms with Crippen molar-refractivity contribution in [2.45, 2.75) is 19.8 Å². The van der Waals surface area contributed by atoms with Gasteiger partial charge >= 0.3 is 0 Å². The summed E-state index contributed by atoms with van der Waals surface area (Å²) < 4.78 is 0. The molecule has 2 aliphatic heterocycles. The van der Waals surface area contributed by atoms with E-state index in [2.05, 4.69) is 41.0 Å². The van der Waals surface area contributed by atoms with E-state index >= 15 is 0 Å². The second kappa shape index (κ2) is 9.39. The van der Waals surface area contributed by atoms with E-state index in [4.69, 9.17) is 4.98 Å². The molecule has 0 radical (unpaired) electrons. The number of nitrogens with zero attached hydrogens (tertiary/aromatic N) is 4. The van der Waals surface area contributed by atoms with Gasteiger partial charge in [-0.15, -0.1) is 0 Å². The maximum absolute atomic E-state index is 13.6. The number of amides is 1. The number of hydrogen-bond acceptors (Lipinski definition) is 4. The lowest BCUT2D eigenvalue weighted by Gasteiger charge is -2.35. The number of aromatic nitrogens is 1. The van der Waals surface area contributed by atoms with Crippen LogP contribution in [0.1, 0.15) is 28.8 Å². The van der Waals surface area contributed by atoms with Crippen LogP contribution in [0.3, 0.4) is 0 Å². The Bertz CT molecular complexity index is 1080. The fourth-order valence-corrected chi connectivity index (χ4v) is 4.86. The number of aryl methyl sites for hydroxylation is 1. The number of pyridine rings is 1. The number of piperazine rings is 1. The number of para-hydroxylation sites is 1. The number of likely N-dealkylation sites (tertiary alicyclic amines) is 1. The third-order valence-corrected chi connectivity index (χ3v) is 6.88. The highest BCUT2D eigenvalue weighted by Crippen LogP contribution is 2.26. The van der Waals surface area contributed by atoms with Crippen LogP contribution in [-0.2, 0) is 0 Å². The molecule has 0 unspecified atom stereocenters. The largest absolute Gasteiger partial charge is 0.336 e. The molecule has 0 atom stereocenters. The number of hydrogen-bond donors (Lipinski definition) is 0. The molecule has 0 aliphatic carbocycles. The smallest absolute Gasteiger partial charge is 0.254 e. The molecular weight excluding hydrogens is 396 g/mol. The van der Waals surface area contributed by atoms with Gasteiger partial charge in [0.15, 0.2) is 0 Å². The number of rotatable bonds is 5. The highest BCUT2D eigenvalue weighted by molar-refractivity contribution is 6.07. The quantitative estimate of drug-likeness (QED) is 0.614. The lowest BCUT2D eigenvalue weighted by molar-refractivity contribution is 0.0628. The van der Waals surface area contributed by atoms with Crippen molar-refractivity contribution < 1.29 is 4.79 Å². The second-order valence-electron chi connectivity index (χ2n) is 9.12. The first-order valence-corrected chi connectivity index (χ1v) is 11.9. The van der Waals surface area contributed by atoms with Gasteiger partial charge in [0.05, 0.1) is 16.8 Å². The first-order chi connectivity index (χ1) is 15.7. The molecular formula is C27H32N4O. The SMILES string of the molecule is Cc1ccc(-c2cc(C(=O)N3CCN(CCN4CCCC4)CC3)c3ccccc3n2)cc1. The van der Waals surface area contributed by atoms with Crippen molar-refractivity contribution in [1.29, 1.82) is 0 Å². The van der Waals surface area contributed by atoms with Gasteiger partial charge in [-0.2, -0.15) is 0 Å². The van der Waals surface area contributed by atoms with Crippen LogP contribution in [0.4, 0.5) is 0 Å². The van der Waals surface area contributed by atoms with Crippen LogP contribution in [0.2, 0.25) is 0 Å². The Morgan fingerprint density at radius 1 is 0.844 bits per heavy atom. The summed E-state index contributed by atoms with van der Waals surface area (Å²) in [5.74, 6) is 0.121.